The lowest BCUT2D eigenvalue weighted by molar-refractivity contribution is 0.0194. The summed E-state index contributed by atoms with van der Waals surface area (Å²) in [5.41, 5.74) is 1.67. The third kappa shape index (κ3) is 6.01. The van der Waals surface area contributed by atoms with Crippen LogP contribution in [0.15, 0.2) is 30.7 Å². The number of fused-ring (bicyclic) bond motifs is 1. The molecule has 216 valence electrons. The molecular weight excluding hydrogens is 535 g/mol. The predicted octanol–water partition coefficient (Wildman–Crippen LogP) is 4.15. The first-order valence-electron chi connectivity index (χ1n) is 14.1. The molecule has 2 saturated heterocycles. The number of alkyl halides is 1. The average molecular weight is 573 g/mol. The summed E-state index contributed by atoms with van der Waals surface area (Å²) in [5, 5.41) is 10.7. The Bertz CT molecular complexity index is 1310. The van der Waals surface area contributed by atoms with E-state index in [-0.39, 0.29) is 37.0 Å². The van der Waals surface area contributed by atoms with Gasteiger partial charge in [0.25, 0.3) is 5.91 Å². The summed E-state index contributed by atoms with van der Waals surface area (Å²) < 4.78 is 22.0. The predicted molar refractivity (Wildman–Crippen MR) is 156 cm³/mol. The third-order valence-corrected chi connectivity index (χ3v) is 8.32. The van der Waals surface area contributed by atoms with Crippen LogP contribution in [0.2, 0.25) is 0 Å². The van der Waals surface area contributed by atoms with Crippen molar-refractivity contribution in [2.24, 2.45) is 0 Å². The van der Waals surface area contributed by atoms with Crippen molar-refractivity contribution in [3.8, 4) is 0 Å². The Balaban J connectivity index is 0.00000323. The molecule has 5 heterocycles. The van der Waals surface area contributed by atoms with Crippen LogP contribution in [-0.4, -0.2) is 77.0 Å². The number of pyridine rings is 1. The maximum absolute atomic E-state index is 14.5. The van der Waals surface area contributed by atoms with Crippen LogP contribution < -0.4 is 20.9 Å². The summed E-state index contributed by atoms with van der Waals surface area (Å²) in [6.07, 6.45) is 11.1. The highest BCUT2D eigenvalue weighted by molar-refractivity contribution is 6.07. The third-order valence-electron chi connectivity index (χ3n) is 8.32. The van der Waals surface area contributed by atoms with Crippen molar-refractivity contribution in [3.63, 3.8) is 0 Å². The maximum Gasteiger partial charge on any atom is 0.253 e. The minimum atomic E-state index is -1.09. The Labute approximate surface area is 239 Å². The van der Waals surface area contributed by atoms with Crippen molar-refractivity contribution >= 4 is 46.8 Å². The summed E-state index contributed by atoms with van der Waals surface area (Å²) in [7, 11) is 1.55. The fraction of sp³-hybridized carbons (Fsp3) is 0.571. The topological polar surface area (TPSA) is 109 Å². The number of halogens is 2. The molecule has 1 amide bonds. The zero-order chi connectivity index (χ0) is 26.8. The van der Waals surface area contributed by atoms with Gasteiger partial charge in [-0.2, -0.15) is 4.98 Å². The van der Waals surface area contributed by atoms with E-state index >= 15 is 0 Å². The second-order valence-corrected chi connectivity index (χ2v) is 10.9. The van der Waals surface area contributed by atoms with Crippen LogP contribution in [0.1, 0.15) is 61.3 Å². The van der Waals surface area contributed by atoms with Gasteiger partial charge in [-0.05, 0) is 51.3 Å². The monoisotopic (exact) mass is 572 g/mol. The van der Waals surface area contributed by atoms with Crippen molar-refractivity contribution in [3.05, 3.63) is 36.3 Å². The molecule has 3 fully saturated rings. The zero-order valence-corrected chi connectivity index (χ0v) is 23.6. The van der Waals surface area contributed by atoms with Crippen molar-refractivity contribution in [2.45, 2.75) is 69.3 Å². The molecule has 2 aliphatic heterocycles. The van der Waals surface area contributed by atoms with E-state index in [0.717, 1.165) is 49.7 Å². The number of carbonyl (C=O) groups excluding carboxylic acids is 1. The molecule has 1 saturated carbocycles. The number of hydrogen-bond acceptors (Lipinski definition) is 8. The van der Waals surface area contributed by atoms with E-state index in [9.17, 15) is 9.18 Å². The highest BCUT2D eigenvalue weighted by Gasteiger charge is 2.30. The Hall–Kier alpha value is -3.02. The molecule has 12 heteroatoms. The summed E-state index contributed by atoms with van der Waals surface area (Å²) in [4.78, 5) is 28.8. The first kappa shape index (κ1) is 28.5. The number of nitrogens with zero attached hydrogens (tertiary/aromatic N) is 5. The van der Waals surface area contributed by atoms with E-state index < -0.39 is 6.17 Å². The fourth-order valence-corrected chi connectivity index (χ4v) is 6.14. The molecule has 10 nitrogen and oxygen atoms in total. The summed E-state index contributed by atoms with van der Waals surface area (Å²) >= 11 is 0. The lowest BCUT2D eigenvalue weighted by Crippen LogP contribution is -2.46. The normalized spacial score (nSPS) is 22.3. The van der Waals surface area contributed by atoms with Gasteiger partial charge >= 0.3 is 0 Å². The van der Waals surface area contributed by atoms with Crippen LogP contribution in [0, 0.1) is 0 Å². The van der Waals surface area contributed by atoms with Crippen LogP contribution in [0.4, 0.5) is 22.0 Å². The van der Waals surface area contributed by atoms with Crippen molar-refractivity contribution in [2.75, 3.05) is 43.5 Å². The number of rotatable bonds is 7. The van der Waals surface area contributed by atoms with Crippen LogP contribution in [-0.2, 0) is 4.74 Å². The Morgan fingerprint density at radius 1 is 1.12 bits per heavy atom. The lowest BCUT2D eigenvalue weighted by Gasteiger charge is -2.33. The summed E-state index contributed by atoms with van der Waals surface area (Å²) in [5.74, 6) is 1.66. The molecule has 6 rings (SSSR count). The Morgan fingerprint density at radius 2 is 1.93 bits per heavy atom. The summed E-state index contributed by atoms with van der Waals surface area (Å²) in [6, 6.07) is 4.34. The van der Waals surface area contributed by atoms with E-state index in [1.165, 1.54) is 12.8 Å². The van der Waals surface area contributed by atoms with Crippen LogP contribution in [0.25, 0.3) is 10.9 Å². The molecule has 3 N–H and O–H groups in total. The van der Waals surface area contributed by atoms with E-state index in [0.29, 0.717) is 42.2 Å². The highest BCUT2D eigenvalue weighted by atomic mass is 35.5. The van der Waals surface area contributed by atoms with Gasteiger partial charge in [0.2, 0.25) is 5.95 Å². The largest absolute Gasteiger partial charge is 0.378 e. The highest BCUT2D eigenvalue weighted by Crippen LogP contribution is 2.35. The quantitative estimate of drug-likeness (QED) is 0.387. The first-order valence-corrected chi connectivity index (χ1v) is 14.1. The van der Waals surface area contributed by atoms with Gasteiger partial charge in [0.15, 0.2) is 0 Å². The number of amides is 1. The molecule has 40 heavy (non-hydrogen) atoms. The van der Waals surface area contributed by atoms with Gasteiger partial charge in [0, 0.05) is 55.8 Å². The maximum atomic E-state index is 14.5. The molecule has 2 atom stereocenters. The second-order valence-electron chi connectivity index (χ2n) is 10.9. The van der Waals surface area contributed by atoms with E-state index in [1.807, 2.05) is 17.2 Å². The molecule has 0 unspecified atom stereocenters. The van der Waals surface area contributed by atoms with Gasteiger partial charge in [-0.1, -0.05) is 12.8 Å². The average Bonchev–Trinajstić information content (AvgIpc) is 3.62. The van der Waals surface area contributed by atoms with Gasteiger partial charge in [-0.3, -0.25) is 4.79 Å². The Kier molecular flexibility index (Phi) is 9.02. The van der Waals surface area contributed by atoms with Gasteiger partial charge < -0.3 is 30.2 Å². The smallest absolute Gasteiger partial charge is 0.253 e. The zero-order valence-electron chi connectivity index (χ0n) is 22.8. The number of piperidine rings is 2. The van der Waals surface area contributed by atoms with Crippen LogP contribution in [0.3, 0.4) is 0 Å². The molecular formula is C28H38ClFN8O2. The molecule has 3 aliphatic rings. The van der Waals surface area contributed by atoms with Crippen LogP contribution in [0.5, 0.6) is 0 Å². The van der Waals surface area contributed by atoms with Gasteiger partial charge in [-0.25, -0.2) is 14.4 Å². The first-order chi connectivity index (χ1) is 19.1. The number of hydrogen-bond donors (Lipinski definition) is 3. The number of carbonyl (C=O) groups is 1. The van der Waals surface area contributed by atoms with Crippen LogP contribution >= 0.6 is 12.4 Å². The standard InChI is InChI=1S/C28H37FN8O2.ClH/c1-39-24-9-13-36(17-22(24)29)28-31-12-8-25(35-28)34-26-14-23-20(15-32-26)21(16-37(23)19-4-2-3-5-19)27(38)33-18-6-10-30-11-7-18;/h8,12,14-16,18-19,22,24,30H,2-7,9-11,13,17H2,1H3,(H,33,38)(H,31,32,34,35);1H/t22-,24+;/m0./s1. The molecule has 0 aromatic carbocycles. The van der Waals surface area contributed by atoms with Gasteiger partial charge in [-0.15, -0.1) is 12.4 Å². The minimum absolute atomic E-state index is 0. The van der Waals surface area contributed by atoms with Crippen molar-refractivity contribution in [1.29, 1.82) is 0 Å². The van der Waals surface area contributed by atoms with Gasteiger partial charge in [0.1, 0.15) is 17.8 Å². The Morgan fingerprint density at radius 3 is 2.67 bits per heavy atom. The fourth-order valence-electron chi connectivity index (χ4n) is 6.14. The number of methoxy groups -OCH3 is 1. The molecule has 0 spiro atoms. The molecule has 1 aliphatic carbocycles. The van der Waals surface area contributed by atoms with E-state index in [4.69, 9.17) is 4.74 Å². The van der Waals surface area contributed by atoms with E-state index in [1.54, 1.807) is 25.6 Å². The minimum Gasteiger partial charge on any atom is -0.378 e. The number of nitrogens with one attached hydrogen (secondary N) is 3. The van der Waals surface area contributed by atoms with Gasteiger partial charge in [0.05, 0.1) is 23.7 Å². The lowest BCUT2D eigenvalue weighted by atomic mass is 10.1. The molecule has 0 radical (unpaired) electrons. The van der Waals surface area contributed by atoms with E-state index in [2.05, 4.69) is 35.5 Å². The molecule has 0 bridgehead atoms. The van der Waals surface area contributed by atoms with Crippen molar-refractivity contribution < 1.29 is 13.9 Å². The SMILES string of the molecule is CO[C@@H]1CCN(c2nccc(Nc3cc4c(cn3)c(C(=O)NC3CCNCC3)cn4C3CCCC3)n2)C[C@@H]1F.Cl. The second kappa shape index (κ2) is 12.7. The molecule has 3 aromatic rings. The number of ether oxygens (including phenoxy) is 1. The number of aromatic nitrogens is 4. The summed E-state index contributed by atoms with van der Waals surface area (Å²) in [6.45, 7) is 2.68. The van der Waals surface area contributed by atoms with Crippen molar-refractivity contribution in [1.82, 2.24) is 30.2 Å². The molecule has 3 aromatic heterocycles. The number of anilines is 3.